The lowest BCUT2D eigenvalue weighted by Crippen LogP contribution is -2.29. The normalized spacial score (nSPS) is 20.5. The summed E-state index contributed by atoms with van der Waals surface area (Å²) in [6.45, 7) is 0.561. The Labute approximate surface area is 168 Å². The SMILES string of the molecule is Cn1cnc(S(=O)(=O)N2CC(c3ccc(F)cc3)C(c3ccccc3Cl)C2)c1. The van der Waals surface area contributed by atoms with Crippen molar-refractivity contribution in [2.45, 2.75) is 16.9 Å². The van der Waals surface area contributed by atoms with E-state index >= 15 is 0 Å². The number of halogens is 2. The fraction of sp³-hybridized carbons (Fsp3) is 0.250. The van der Waals surface area contributed by atoms with Crippen molar-refractivity contribution >= 4 is 21.6 Å². The predicted molar refractivity (Wildman–Crippen MR) is 105 cm³/mol. The fourth-order valence-electron chi connectivity index (χ4n) is 3.76. The van der Waals surface area contributed by atoms with Crippen molar-refractivity contribution in [1.82, 2.24) is 13.9 Å². The Balaban J connectivity index is 1.75. The molecule has 5 nitrogen and oxygen atoms in total. The lowest BCUT2D eigenvalue weighted by atomic mass is 9.84. The maximum atomic E-state index is 13.4. The number of sulfonamides is 1. The van der Waals surface area contributed by atoms with Crippen LogP contribution >= 0.6 is 11.6 Å². The van der Waals surface area contributed by atoms with E-state index in [1.54, 1.807) is 29.8 Å². The first-order valence-corrected chi connectivity index (χ1v) is 10.7. The minimum atomic E-state index is -3.74. The third-order valence-electron chi connectivity index (χ3n) is 5.17. The van der Waals surface area contributed by atoms with Crippen LogP contribution in [0.2, 0.25) is 5.02 Å². The van der Waals surface area contributed by atoms with Gasteiger partial charge in [-0.1, -0.05) is 41.9 Å². The minimum Gasteiger partial charge on any atom is -0.339 e. The van der Waals surface area contributed by atoms with Crippen LogP contribution in [0.15, 0.2) is 66.1 Å². The van der Waals surface area contributed by atoms with Crippen LogP contribution < -0.4 is 0 Å². The summed E-state index contributed by atoms with van der Waals surface area (Å²) in [6.07, 6.45) is 2.96. The summed E-state index contributed by atoms with van der Waals surface area (Å²) in [5.41, 5.74) is 1.77. The number of hydrogen-bond donors (Lipinski definition) is 0. The quantitative estimate of drug-likeness (QED) is 0.646. The van der Waals surface area contributed by atoms with Crippen molar-refractivity contribution in [2.75, 3.05) is 13.1 Å². The summed E-state index contributed by atoms with van der Waals surface area (Å²) < 4.78 is 42.6. The number of aryl methyl sites for hydroxylation is 1. The first-order valence-electron chi connectivity index (χ1n) is 8.84. The van der Waals surface area contributed by atoms with E-state index in [2.05, 4.69) is 4.98 Å². The Morgan fingerprint density at radius 2 is 1.75 bits per heavy atom. The molecule has 0 saturated carbocycles. The number of hydrogen-bond acceptors (Lipinski definition) is 3. The van der Waals surface area contributed by atoms with Gasteiger partial charge in [0.1, 0.15) is 5.82 Å². The predicted octanol–water partition coefficient (Wildman–Crippen LogP) is 3.78. The van der Waals surface area contributed by atoms with Crippen molar-refractivity contribution < 1.29 is 12.8 Å². The van der Waals surface area contributed by atoms with Gasteiger partial charge in [-0.25, -0.2) is 17.8 Å². The molecule has 1 aliphatic rings. The van der Waals surface area contributed by atoms with Crippen molar-refractivity contribution in [3.05, 3.63) is 83.0 Å². The summed E-state index contributed by atoms with van der Waals surface area (Å²) in [5, 5.41) is 0.615. The van der Waals surface area contributed by atoms with Crippen LogP contribution in [-0.4, -0.2) is 35.4 Å². The van der Waals surface area contributed by atoms with Crippen molar-refractivity contribution in [2.24, 2.45) is 7.05 Å². The van der Waals surface area contributed by atoms with Gasteiger partial charge in [-0.3, -0.25) is 0 Å². The molecular formula is C20H19ClFN3O2S. The molecule has 0 bridgehead atoms. The van der Waals surface area contributed by atoms with Gasteiger partial charge in [0.15, 0.2) is 5.03 Å². The molecule has 2 atom stereocenters. The average molecular weight is 420 g/mol. The average Bonchev–Trinajstić information content (AvgIpc) is 3.30. The summed E-state index contributed by atoms with van der Waals surface area (Å²) in [5.74, 6) is -0.606. The zero-order chi connectivity index (χ0) is 19.9. The van der Waals surface area contributed by atoms with Crippen LogP contribution in [0.25, 0.3) is 0 Å². The van der Waals surface area contributed by atoms with Gasteiger partial charge in [0.2, 0.25) is 0 Å². The highest BCUT2D eigenvalue weighted by molar-refractivity contribution is 7.89. The van der Waals surface area contributed by atoms with E-state index in [1.807, 2.05) is 18.2 Å². The van der Waals surface area contributed by atoms with E-state index in [-0.39, 0.29) is 35.8 Å². The first-order chi connectivity index (χ1) is 13.4. The second kappa shape index (κ2) is 7.31. The third-order valence-corrected chi connectivity index (χ3v) is 7.24. The van der Waals surface area contributed by atoms with E-state index in [0.29, 0.717) is 5.02 Å². The highest BCUT2D eigenvalue weighted by Gasteiger charge is 2.42. The Morgan fingerprint density at radius 3 is 2.39 bits per heavy atom. The highest BCUT2D eigenvalue weighted by atomic mass is 35.5. The maximum absolute atomic E-state index is 13.4. The van der Waals surface area contributed by atoms with E-state index in [0.717, 1.165) is 11.1 Å². The molecule has 4 rings (SSSR count). The lowest BCUT2D eigenvalue weighted by Gasteiger charge is -2.20. The second-order valence-electron chi connectivity index (χ2n) is 6.99. The Bertz CT molecular complexity index is 1100. The minimum absolute atomic E-state index is 0.0210. The summed E-state index contributed by atoms with van der Waals surface area (Å²) >= 11 is 6.42. The summed E-state index contributed by atoms with van der Waals surface area (Å²) in [7, 11) is -2.01. The molecule has 2 unspecified atom stereocenters. The molecule has 28 heavy (non-hydrogen) atoms. The molecule has 2 heterocycles. The van der Waals surface area contributed by atoms with Gasteiger partial charge in [0.25, 0.3) is 10.0 Å². The van der Waals surface area contributed by atoms with Gasteiger partial charge in [0.05, 0.1) is 6.33 Å². The molecular weight excluding hydrogens is 401 g/mol. The molecule has 2 aromatic carbocycles. The molecule has 1 fully saturated rings. The van der Waals surface area contributed by atoms with Crippen LogP contribution in [0.5, 0.6) is 0 Å². The zero-order valence-corrected chi connectivity index (χ0v) is 16.7. The Morgan fingerprint density at radius 1 is 1.07 bits per heavy atom. The van der Waals surface area contributed by atoms with Gasteiger partial charge in [-0.2, -0.15) is 4.31 Å². The molecule has 0 aliphatic carbocycles. The number of benzene rings is 2. The number of aromatic nitrogens is 2. The Kier molecular flexibility index (Phi) is 4.99. The molecule has 1 saturated heterocycles. The van der Waals surface area contributed by atoms with Crippen LogP contribution in [-0.2, 0) is 17.1 Å². The van der Waals surface area contributed by atoms with Crippen LogP contribution in [0.3, 0.4) is 0 Å². The first kappa shape index (κ1) is 19.1. The smallest absolute Gasteiger partial charge is 0.262 e. The molecule has 1 aromatic heterocycles. The molecule has 8 heteroatoms. The van der Waals surface area contributed by atoms with E-state index in [1.165, 1.54) is 29.0 Å². The van der Waals surface area contributed by atoms with Gasteiger partial charge in [-0.15, -0.1) is 0 Å². The molecule has 0 amide bonds. The zero-order valence-electron chi connectivity index (χ0n) is 15.2. The van der Waals surface area contributed by atoms with Crippen LogP contribution in [0, 0.1) is 5.82 Å². The number of rotatable bonds is 4. The van der Waals surface area contributed by atoms with Gasteiger partial charge >= 0.3 is 0 Å². The summed E-state index contributed by atoms with van der Waals surface area (Å²) in [6, 6.07) is 13.7. The van der Waals surface area contributed by atoms with Gasteiger partial charge in [0, 0.05) is 43.2 Å². The van der Waals surface area contributed by atoms with Gasteiger partial charge < -0.3 is 4.57 Å². The molecule has 1 aliphatic heterocycles. The van der Waals surface area contributed by atoms with Crippen LogP contribution in [0.4, 0.5) is 4.39 Å². The lowest BCUT2D eigenvalue weighted by molar-refractivity contribution is 0.468. The molecule has 0 radical (unpaired) electrons. The van der Waals surface area contributed by atoms with E-state index < -0.39 is 10.0 Å². The monoisotopic (exact) mass is 419 g/mol. The topological polar surface area (TPSA) is 55.2 Å². The van der Waals surface area contributed by atoms with E-state index in [9.17, 15) is 12.8 Å². The second-order valence-corrected chi connectivity index (χ2v) is 9.28. The largest absolute Gasteiger partial charge is 0.339 e. The Hall–Kier alpha value is -2.22. The van der Waals surface area contributed by atoms with Crippen molar-refractivity contribution in [3.63, 3.8) is 0 Å². The number of nitrogens with zero attached hydrogens (tertiary/aromatic N) is 3. The summed E-state index contributed by atoms with van der Waals surface area (Å²) in [4.78, 5) is 4.01. The highest BCUT2D eigenvalue weighted by Crippen LogP contribution is 2.43. The van der Waals surface area contributed by atoms with E-state index in [4.69, 9.17) is 11.6 Å². The third kappa shape index (κ3) is 3.45. The maximum Gasteiger partial charge on any atom is 0.262 e. The number of imidazole rings is 1. The molecule has 3 aromatic rings. The van der Waals surface area contributed by atoms with Crippen LogP contribution in [0.1, 0.15) is 23.0 Å². The molecule has 0 spiro atoms. The molecule has 146 valence electrons. The van der Waals surface area contributed by atoms with Crippen molar-refractivity contribution in [1.29, 1.82) is 0 Å². The van der Waals surface area contributed by atoms with Gasteiger partial charge in [-0.05, 0) is 29.3 Å². The van der Waals surface area contributed by atoms with Crippen molar-refractivity contribution in [3.8, 4) is 0 Å². The molecule has 0 N–H and O–H groups in total. The standard InChI is InChI=1S/C20H19ClFN3O2S/c1-24-12-20(23-13-24)28(26,27)25-10-17(14-6-8-15(22)9-7-14)18(11-25)16-4-2-3-5-19(16)21/h2-9,12-13,17-18H,10-11H2,1H3. The fourth-order valence-corrected chi connectivity index (χ4v) is 5.49.